The number of hydrogen-bond acceptors (Lipinski definition) is 4. The van der Waals surface area contributed by atoms with E-state index in [1.807, 2.05) is 19.1 Å². The molecule has 4 nitrogen and oxygen atoms in total. The number of rotatable bonds is 4. The maximum atomic E-state index is 5.27. The second-order valence-corrected chi connectivity index (χ2v) is 4.15. The predicted molar refractivity (Wildman–Crippen MR) is 71.8 cm³/mol. The van der Waals surface area contributed by atoms with Crippen LogP contribution in [-0.2, 0) is 6.54 Å². The number of hydrogen-bond donors (Lipinski definition) is 1. The summed E-state index contributed by atoms with van der Waals surface area (Å²) in [7, 11) is 1.64. The number of aromatic nitrogens is 2. The maximum Gasteiger partial charge on any atom is 0.160 e. The molecule has 1 N–H and O–H groups in total. The fourth-order valence-electron chi connectivity index (χ4n) is 1.73. The molecule has 0 amide bonds. The van der Waals surface area contributed by atoms with E-state index in [1.165, 1.54) is 5.56 Å². The summed E-state index contributed by atoms with van der Waals surface area (Å²) in [6.45, 7) is 4.68. The molecule has 0 aliphatic heterocycles. The highest BCUT2D eigenvalue weighted by molar-refractivity contribution is 5.56. The van der Waals surface area contributed by atoms with E-state index in [9.17, 15) is 0 Å². The van der Waals surface area contributed by atoms with Gasteiger partial charge in [-0.1, -0.05) is 6.07 Å². The van der Waals surface area contributed by atoms with Gasteiger partial charge >= 0.3 is 0 Å². The van der Waals surface area contributed by atoms with E-state index < -0.39 is 0 Å². The summed E-state index contributed by atoms with van der Waals surface area (Å²) in [6.07, 6.45) is 3.53. The quantitative estimate of drug-likeness (QED) is 0.897. The Kier molecular flexibility index (Phi) is 3.77. The lowest BCUT2D eigenvalue weighted by molar-refractivity contribution is 0.414. The molecule has 2 heterocycles. The lowest BCUT2D eigenvalue weighted by atomic mass is 10.2. The van der Waals surface area contributed by atoms with Gasteiger partial charge in [0, 0.05) is 11.9 Å². The third kappa shape index (κ3) is 2.77. The first-order chi connectivity index (χ1) is 8.70. The molecule has 2 rings (SSSR count). The molecule has 0 saturated carbocycles. The standard InChI is InChI=1S/C14H17N3O/c1-10-5-4-6-15-13(10)8-17-12-7-11(2)16-9-14(12)18-3/h4-7,9H,8H2,1-3H3,(H,16,17). The summed E-state index contributed by atoms with van der Waals surface area (Å²) >= 11 is 0. The molecule has 0 aromatic carbocycles. The minimum atomic E-state index is 0.673. The van der Waals surface area contributed by atoms with Crippen molar-refractivity contribution in [2.24, 2.45) is 0 Å². The fraction of sp³-hybridized carbons (Fsp3) is 0.286. The van der Waals surface area contributed by atoms with Crippen LogP contribution in [0.15, 0.2) is 30.6 Å². The highest BCUT2D eigenvalue weighted by Gasteiger charge is 2.05. The topological polar surface area (TPSA) is 47.0 Å². The normalized spacial score (nSPS) is 10.2. The van der Waals surface area contributed by atoms with Gasteiger partial charge in [-0.3, -0.25) is 9.97 Å². The first kappa shape index (κ1) is 12.4. The van der Waals surface area contributed by atoms with E-state index in [0.29, 0.717) is 6.54 Å². The van der Waals surface area contributed by atoms with Crippen molar-refractivity contribution in [2.45, 2.75) is 20.4 Å². The Morgan fingerprint density at radius 1 is 1.28 bits per heavy atom. The van der Waals surface area contributed by atoms with Crippen LogP contribution < -0.4 is 10.1 Å². The third-order valence-corrected chi connectivity index (χ3v) is 2.79. The van der Waals surface area contributed by atoms with Gasteiger partial charge in [-0.05, 0) is 31.5 Å². The summed E-state index contributed by atoms with van der Waals surface area (Å²) in [4.78, 5) is 8.55. The van der Waals surface area contributed by atoms with Crippen LogP contribution in [-0.4, -0.2) is 17.1 Å². The van der Waals surface area contributed by atoms with Crippen molar-refractivity contribution in [1.82, 2.24) is 9.97 Å². The van der Waals surface area contributed by atoms with Gasteiger partial charge in [0.1, 0.15) is 0 Å². The van der Waals surface area contributed by atoms with Gasteiger partial charge in [-0.25, -0.2) is 0 Å². The summed E-state index contributed by atoms with van der Waals surface area (Å²) in [5, 5.41) is 3.33. The number of anilines is 1. The maximum absolute atomic E-state index is 5.27. The van der Waals surface area contributed by atoms with Crippen LogP contribution in [0.5, 0.6) is 5.75 Å². The Morgan fingerprint density at radius 3 is 2.83 bits per heavy atom. The van der Waals surface area contributed by atoms with E-state index in [0.717, 1.165) is 22.8 Å². The third-order valence-electron chi connectivity index (χ3n) is 2.79. The summed E-state index contributed by atoms with van der Waals surface area (Å²) in [5.74, 6) is 0.745. The van der Waals surface area contributed by atoms with Crippen LogP contribution in [0.1, 0.15) is 17.0 Å². The predicted octanol–water partition coefficient (Wildman–Crippen LogP) is 2.71. The number of ether oxygens (including phenoxy) is 1. The fourth-order valence-corrected chi connectivity index (χ4v) is 1.73. The van der Waals surface area contributed by atoms with Crippen molar-refractivity contribution in [3.63, 3.8) is 0 Å². The van der Waals surface area contributed by atoms with Crippen molar-refractivity contribution in [3.8, 4) is 5.75 Å². The van der Waals surface area contributed by atoms with Crippen molar-refractivity contribution in [3.05, 3.63) is 47.5 Å². The molecule has 2 aromatic heterocycles. The smallest absolute Gasteiger partial charge is 0.160 e. The molecule has 0 spiro atoms. The molecular formula is C14H17N3O. The van der Waals surface area contributed by atoms with Gasteiger partial charge in [-0.15, -0.1) is 0 Å². The van der Waals surface area contributed by atoms with Crippen LogP contribution in [0.25, 0.3) is 0 Å². The zero-order chi connectivity index (χ0) is 13.0. The van der Waals surface area contributed by atoms with Gasteiger partial charge in [0.05, 0.1) is 31.2 Å². The molecule has 0 aliphatic carbocycles. The summed E-state index contributed by atoms with van der Waals surface area (Å²) in [6, 6.07) is 5.96. The molecule has 0 unspecified atom stereocenters. The highest BCUT2D eigenvalue weighted by atomic mass is 16.5. The van der Waals surface area contributed by atoms with Gasteiger partial charge < -0.3 is 10.1 Å². The van der Waals surface area contributed by atoms with Crippen LogP contribution in [0.2, 0.25) is 0 Å². The van der Waals surface area contributed by atoms with E-state index in [-0.39, 0.29) is 0 Å². The monoisotopic (exact) mass is 243 g/mol. The number of nitrogens with one attached hydrogen (secondary N) is 1. The van der Waals surface area contributed by atoms with E-state index in [2.05, 4.69) is 28.3 Å². The lowest BCUT2D eigenvalue weighted by Gasteiger charge is -2.12. The van der Waals surface area contributed by atoms with E-state index >= 15 is 0 Å². The SMILES string of the molecule is COc1cnc(C)cc1NCc1ncccc1C. The number of aryl methyl sites for hydroxylation is 2. The zero-order valence-corrected chi connectivity index (χ0v) is 10.9. The van der Waals surface area contributed by atoms with Gasteiger partial charge in [0.25, 0.3) is 0 Å². The molecule has 0 radical (unpaired) electrons. The molecule has 0 aliphatic rings. The van der Waals surface area contributed by atoms with E-state index in [4.69, 9.17) is 4.74 Å². The largest absolute Gasteiger partial charge is 0.493 e. The van der Waals surface area contributed by atoms with Crippen LogP contribution in [0, 0.1) is 13.8 Å². The molecule has 18 heavy (non-hydrogen) atoms. The van der Waals surface area contributed by atoms with Crippen molar-refractivity contribution >= 4 is 5.69 Å². The Hall–Kier alpha value is -2.10. The molecule has 4 heteroatoms. The second-order valence-electron chi connectivity index (χ2n) is 4.15. The minimum absolute atomic E-state index is 0.673. The summed E-state index contributed by atoms with van der Waals surface area (Å²) in [5.41, 5.74) is 4.11. The molecule has 0 saturated heterocycles. The molecular weight excluding hydrogens is 226 g/mol. The minimum Gasteiger partial charge on any atom is -0.493 e. The summed E-state index contributed by atoms with van der Waals surface area (Å²) < 4.78 is 5.27. The van der Waals surface area contributed by atoms with E-state index in [1.54, 1.807) is 19.5 Å². The van der Waals surface area contributed by atoms with Gasteiger partial charge in [-0.2, -0.15) is 0 Å². The van der Waals surface area contributed by atoms with Gasteiger partial charge in [0.2, 0.25) is 0 Å². The Morgan fingerprint density at radius 2 is 2.11 bits per heavy atom. The van der Waals surface area contributed by atoms with Crippen molar-refractivity contribution in [1.29, 1.82) is 0 Å². The molecule has 0 fully saturated rings. The molecule has 94 valence electrons. The first-order valence-corrected chi connectivity index (χ1v) is 5.85. The zero-order valence-electron chi connectivity index (χ0n) is 10.9. The Labute approximate surface area is 107 Å². The molecule has 0 atom stereocenters. The average molecular weight is 243 g/mol. The van der Waals surface area contributed by atoms with Crippen LogP contribution in [0.3, 0.4) is 0 Å². The lowest BCUT2D eigenvalue weighted by Crippen LogP contribution is -2.05. The molecule has 0 bridgehead atoms. The van der Waals surface area contributed by atoms with Crippen LogP contribution >= 0.6 is 0 Å². The average Bonchev–Trinajstić information content (AvgIpc) is 2.38. The number of methoxy groups -OCH3 is 1. The number of nitrogens with zero attached hydrogens (tertiary/aromatic N) is 2. The second kappa shape index (κ2) is 5.49. The van der Waals surface area contributed by atoms with Gasteiger partial charge in [0.15, 0.2) is 5.75 Å². The Balaban J connectivity index is 2.15. The Bertz CT molecular complexity index is 540. The van der Waals surface area contributed by atoms with Crippen molar-refractivity contribution < 1.29 is 4.74 Å². The number of pyridine rings is 2. The van der Waals surface area contributed by atoms with Crippen LogP contribution in [0.4, 0.5) is 5.69 Å². The highest BCUT2D eigenvalue weighted by Crippen LogP contribution is 2.24. The van der Waals surface area contributed by atoms with Crippen molar-refractivity contribution in [2.75, 3.05) is 12.4 Å². The first-order valence-electron chi connectivity index (χ1n) is 5.85. The molecule has 2 aromatic rings.